The lowest BCUT2D eigenvalue weighted by Gasteiger charge is -2.36. The van der Waals surface area contributed by atoms with Gasteiger partial charge in [0.25, 0.3) is 0 Å². The standard InChI is InChI=1S/C22H26N2O6/c1-24-8-7-13-9-19-21(30-12-29-19)22(28-4)20(13)17(24)11-16(23-25)15-6-5-14(26-2)10-18(15)27-3/h5-6,9-10,17,25H,7-8,11-12H2,1-4H3/b23-16+/t17-/m0/s1. The molecule has 0 spiro atoms. The van der Waals surface area contributed by atoms with Gasteiger partial charge in [0.05, 0.1) is 27.0 Å². The summed E-state index contributed by atoms with van der Waals surface area (Å²) in [6.07, 6.45) is 1.32. The van der Waals surface area contributed by atoms with E-state index in [2.05, 4.69) is 17.1 Å². The van der Waals surface area contributed by atoms with Crippen LogP contribution in [0.2, 0.25) is 0 Å². The Morgan fingerprint density at radius 1 is 1.17 bits per heavy atom. The summed E-state index contributed by atoms with van der Waals surface area (Å²) in [5.74, 6) is 3.26. The van der Waals surface area contributed by atoms with Gasteiger partial charge >= 0.3 is 0 Å². The van der Waals surface area contributed by atoms with E-state index >= 15 is 0 Å². The number of hydrogen-bond acceptors (Lipinski definition) is 8. The van der Waals surface area contributed by atoms with Gasteiger partial charge in [-0.25, -0.2) is 0 Å². The van der Waals surface area contributed by atoms with Crippen molar-refractivity contribution in [2.75, 3.05) is 41.7 Å². The summed E-state index contributed by atoms with van der Waals surface area (Å²) in [6.45, 7) is 1.04. The second-order valence-corrected chi connectivity index (χ2v) is 7.28. The van der Waals surface area contributed by atoms with Crippen molar-refractivity contribution in [3.05, 3.63) is 41.0 Å². The molecule has 0 saturated carbocycles. The molecule has 0 amide bonds. The summed E-state index contributed by atoms with van der Waals surface area (Å²) in [4.78, 5) is 2.23. The molecular formula is C22H26N2O6. The highest BCUT2D eigenvalue weighted by atomic mass is 16.7. The predicted octanol–water partition coefficient (Wildman–Crippen LogP) is 3.24. The molecular weight excluding hydrogens is 388 g/mol. The van der Waals surface area contributed by atoms with E-state index in [1.165, 1.54) is 0 Å². The number of oxime groups is 1. The van der Waals surface area contributed by atoms with Crippen LogP contribution >= 0.6 is 0 Å². The minimum Gasteiger partial charge on any atom is -0.497 e. The van der Waals surface area contributed by atoms with E-state index in [4.69, 9.17) is 23.7 Å². The van der Waals surface area contributed by atoms with Crippen molar-refractivity contribution < 1.29 is 28.9 Å². The van der Waals surface area contributed by atoms with E-state index in [1.54, 1.807) is 27.4 Å². The molecule has 4 rings (SSSR count). The van der Waals surface area contributed by atoms with Crippen LogP contribution in [0.1, 0.15) is 29.2 Å². The number of fused-ring (bicyclic) bond motifs is 2. The van der Waals surface area contributed by atoms with E-state index in [0.29, 0.717) is 46.4 Å². The minimum atomic E-state index is -0.0732. The van der Waals surface area contributed by atoms with Crippen molar-refractivity contribution >= 4 is 5.71 Å². The Bertz CT molecular complexity index is 975. The molecule has 0 aliphatic carbocycles. The van der Waals surface area contributed by atoms with Gasteiger partial charge in [0.15, 0.2) is 11.5 Å². The Balaban J connectivity index is 1.75. The predicted molar refractivity (Wildman–Crippen MR) is 111 cm³/mol. The van der Waals surface area contributed by atoms with Crippen LogP contribution in [-0.4, -0.2) is 57.5 Å². The van der Waals surface area contributed by atoms with Crippen LogP contribution in [0, 0.1) is 0 Å². The molecule has 160 valence electrons. The third kappa shape index (κ3) is 3.37. The maximum Gasteiger partial charge on any atom is 0.231 e. The fourth-order valence-electron chi connectivity index (χ4n) is 4.21. The molecule has 2 heterocycles. The van der Waals surface area contributed by atoms with Crippen LogP contribution in [0.3, 0.4) is 0 Å². The zero-order valence-electron chi connectivity index (χ0n) is 17.6. The maximum absolute atomic E-state index is 9.88. The fourth-order valence-corrected chi connectivity index (χ4v) is 4.21. The van der Waals surface area contributed by atoms with Crippen molar-refractivity contribution in [1.29, 1.82) is 0 Å². The van der Waals surface area contributed by atoms with Gasteiger partial charge in [-0.2, -0.15) is 0 Å². The van der Waals surface area contributed by atoms with Crippen molar-refractivity contribution in [3.8, 4) is 28.7 Å². The lowest BCUT2D eigenvalue weighted by Crippen LogP contribution is -2.34. The van der Waals surface area contributed by atoms with Crippen LogP contribution in [0.4, 0.5) is 0 Å². The summed E-state index contributed by atoms with van der Waals surface area (Å²) < 4.78 is 27.8. The molecule has 2 aliphatic heterocycles. The van der Waals surface area contributed by atoms with Crippen LogP contribution in [0.25, 0.3) is 0 Å². The average Bonchev–Trinajstić information content (AvgIpc) is 3.25. The maximum atomic E-state index is 9.88. The summed E-state index contributed by atoms with van der Waals surface area (Å²) >= 11 is 0. The van der Waals surface area contributed by atoms with E-state index < -0.39 is 0 Å². The van der Waals surface area contributed by atoms with Crippen molar-refractivity contribution in [2.24, 2.45) is 5.16 Å². The summed E-state index contributed by atoms with van der Waals surface area (Å²) in [5, 5.41) is 13.5. The Hall–Kier alpha value is -3.13. The molecule has 0 radical (unpaired) electrons. The summed E-state index contributed by atoms with van der Waals surface area (Å²) in [6, 6.07) is 7.39. The van der Waals surface area contributed by atoms with E-state index in [9.17, 15) is 5.21 Å². The van der Waals surface area contributed by atoms with Gasteiger partial charge in [-0.1, -0.05) is 5.16 Å². The van der Waals surface area contributed by atoms with E-state index in [1.807, 2.05) is 18.2 Å². The second-order valence-electron chi connectivity index (χ2n) is 7.28. The Morgan fingerprint density at radius 3 is 2.70 bits per heavy atom. The highest BCUT2D eigenvalue weighted by Gasteiger charge is 2.35. The Labute approximate surface area is 175 Å². The molecule has 0 unspecified atom stereocenters. The van der Waals surface area contributed by atoms with Crippen LogP contribution < -0.4 is 23.7 Å². The van der Waals surface area contributed by atoms with Crippen LogP contribution in [0.5, 0.6) is 28.7 Å². The molecule has 2 aliphatic rings. The van der Waals surface area contributed by atoms with Gasteiger partial charge in [-0.05, 0) is 37.2 Å². The minimum absolute atomic E-state index is 0.0732. The topological polar surface area (TPSA) is 82.0 Å². The molecule has 0 saturated heterocycles. The lowest BCUT2D eigenvalue weighted by molar-refractivity contribution is 0.170. The van der Waals surface area contributed by atoms with E-state index in [-0.39, 0.29) is 12.8 Å². The lowest BCUT2D eigenvalue weighted by atomic mass is 9.87. The average molecular weight is 414 g/mol. The Kier molecular flexibility index (Phi) is 5.59. The van der Waals surface area contributed by atoms with Crippen molar-refractivity contribution in [3.63, 3.8) is 0 Å². The zero-order valence-corrected chi connectivity index (χ0v) is 17.6. The monoisotopic (exact) mass is 414 g/mol. The highest BCUT2D eigenvalue weighted by molar-refractivity contribution is 6.03. The highest BCUT2D eigenvalue weighted by Crippen LogP contribution is 2.50. The smallest absolute Gasteiger partial charge is 0.231 e. The van der Waals surface area contributed by atoms with Gasteiger partial charge in [0, 0.05) is 36.2 Å². The molecule has 8 nitrogen and oxygen atoms in total. The van der Waals surface area contributed by atoms with Crippen LogP contribution in [0.15, 0.2) is 29.4 Å². The summed E-state index contributed by atoms with van der Waals surface area (Å²) in [5.41, 5.74) is 3.40. The van der Waals surface area contributed by atoms with Gasteiger partial charge in [0.2, 0.25) is 12.5 Å². The number of hydrogen-bond donors (Lipinski definition) is 1. The molecule has 2 aromatic carbocycles. The molecule has 2 aromatic rings. The zero-order chi connectivity index (χ0) is 21.3. The molecule has 1 N–H and O–H groups in total. The number of likely N-dealkylation sites (N-methyl/N-ethyl adjacent to an activating group) is 1. The van der Waals surface area contributed by atoms with E-state index in [0.717, 1.165) is 24.1 Å². The van der Waals surface area contributed by atoms with Crippen molar-refractivity contribution in [1.82, 2.24) is 4.90 Å². The molecule has 0 fully saturated rings. The first-order valence-corrected chi connectivity index (χ1v) is 9.74. The van der Waals surface area contributed by atoms with Crippen LogP contribution in [-0.2, 0) is 6.42 Å². The second kappa shape index (κ2) is 8.31. The third-order valence-corrected chi connectivity index (χ3v) is 5.77. The first-order valence-electron chi connectivity index (χ1n) is 9.74. The number of ether oxygens (including phenoxy) is 5. The SMILES string of the molecule is COc1ccc(/C(C[C@H]2c3c(cc4c(c3OC)OCO4)CCN2C)=N/O)c(OC)c1. The largest absolute Gasteiger partial charge is 0.497 e. The van der Waals surface area contributed by atoms with Crippen molar-refractivity contribution in [2.45, 2.75) is 18.9 Å². The molecule has 0 bridgehead atoms. The van der Waals surface area contributed by atoms with Gasteiger partial charge in [-0.15, -0.1) is 0 Å². The molecule has 30 heavy (non-hydrogen) atoms. The molecule has 0 aromatic heterocycles. The molecule has 8 heteroatoms. The van der Waals surface area contributed by atoms with Gasteiger partial charge in [0.1, 0.15) is 11.5 Å². The normalized spacial score (nSPS) is 18.1. The summed E-state index contributed by atoms with van der Waals surface area (Å²) in [7, 11) is 6.87. The number of nitrogens with zero attached hydrogens (tertiary/aromatic N) is 2. The number of benzene rings is 2. The Morgan fingerprint density at radius 2 is 2.00 bits per heavy atom. The first-order chi connectivity index (χ1) is 14.6. The number of rotatable bonds is 6. The molecule has 1 atom stereocenters. The first kappa shape index (κ1) is 20.2. The quantitative estimate of drug-likeness (QED) is 0.441. The number of methoxy groups -OCH3 is 3. The van der Waals surface area contributed by atoms with Gasteiger partial charge < -0.3 is 28.9 Å². The van der Waals surface area contributed by atoms with Gasteiger partial charge in [-0.3, -0.25) is 4.90 Å². The third-order valence-electron chi connectivity index (χ3n) is 5.77. The fraction of sp³-hybridized carbons (Fsp3) is 0.409.